The first-order valence-corrected chi connectivity index (χ1v) is 13.0. The van der Waals surface area contributed by atoms with E-state index < -0.39 is 6.09 Å². The van der Waals surface area contributed by atoms with E-state index in [4.69, 9.17) is 0 Å². The van der Waals surface area contributed by atoms with Crippen LogP contribution in [0.25, 0.3) is 5.57 Å². The van der Waals surface area contributed by atoms with Crippen molar-refractivity contribution < 1.29 is 14.7 Å². The SMILES string of the molecule is CC/C(=C1/CCN(C(=O)O)C(C(C)(C)C)C1)c1scc(C(=O)NCc2c(C)cc(C)[nH]c2=O)c1C. The molecule has 2 aromatic heterocycles. The van der Waals surface area contributed by atoms with E-state index in [0.717, 1.165) is 28.1 Å². The van der Waals surface area contributed by atoms with Gasteiger partial charge in [-0.15, -0.1) is 11.3 Å². The van der Waals surface area contributed by atoms with Crippen LogP contribution in [0.1, 0.15) is 84.6 Å². The lowest BCUT2D eigenvalue weighted by molar-refractivity contribution is 0.0722. The van der Waals surface area contributed by atoms with Crippen LogP contribution in [0.4, 0.5) is 4.79 Å². The van der Waals surface area contributed by atoms with Gasteiger partial charge in [0, 0.05) is 40.6 Å². The summed E-state index contributed by atoms with van der Waals surface area (Å²) in [5, 5.41) is 14.5. The highest BCUT2D eigenvalue weighted by Crippen LogP contribution is 2.40. The summed E-state index contributed by atoms with van der Waals surface area (Å²) in [7, 11) is 0. The smallest absolute Gasteiger partial charge is 0.407 e. The third kappa shape index (κ3) is 5.69. The average Bonchev–Trinajstić information content (AvgIpc) is 3.13. The van der Waals surface area contributed by atoms with Gasteiger partial charge in [-0.25, -0.2) is 4.79 Å². The van der Waals surface area contributed by atoms with E-state index >= 15 is 0 Å². The molecule has 0 bridgehead atoms. The summed E-state index contributed by atoms with van der Waals surface area (Å²) in [6.07, 6.45) is 1.36. The molecule has 0 aliphatic carbocycles. The molecule has 35 heavy (non-hydrogen) atoms. The van der Waals surface area contributed by atoms with Gasteiger partial charge in [-0.2, -0.15) is 0 Å². The van der Waals surface area contributed by atoms with E-state index in [-0.39, 0.29) is 29.5 Å². The molecule has 3 heterocycles. The first-order valence-electron chi connectivity index (χ1n) is 12.1. The normalized spacial score (nSPS) is 17.9. The number of carbonyl (C=O) groups excluding carboxylic acids is 1. The highest BCUT2D eigenvalue weighted by molar-refractivity contribution is 7.11. The van der Waals surface area contributed by atoms with Crippen molar-refractivity contribution in [1.29, 1.82) is 0 Å². The molecular formula is C27H37N3O4S. The van der Waals surface area contributed by atoms with Crippen molar-refractivity contribution in [2.24, 2.45) is 5.41 Å². The number of likely N-dealkylation sites (tertiary alicyclic amines) is 1. The number of allylic oxidation sites excluding steroid dienone is 1. The van der Waals surface area contributed by atoms with Crippen molar-refractivity contribution in [2.75, 3.05) is 6.54 Å². The molecule has 8 heteroatoms. The number of carbonyl (C=O) groups is 2. The topological polar surface area (TPSA) is 102 Å². The zero-order valence-electron chi connectivity index (χ0n) is 21.8. The second-order valence-electron chi connectivity index (χ2n) is 10.5. The third-order valence-corrected chi connectivity index (χ3v) is 8.12. The number of pyridine rings is 1. The zero-order valence-corrected chi connectivity index (χ0v) is 22.6. The van der Waals surface area contributed by atoms with Crippen LogP contribution in [-0.4, -0.2) is 39.6 Å². The minimum Gasteiger partial charge on any atom is -0.465 e. The maximum atomic E-state index is 13.0. The van der Waals surface area contributed by atoms with Crippen molar-refractivity contribution in [3.63, 3.8) is 0 Å². The predicted octanol–water partition coefficient (Wildman–Crippen LogP) is 5.64. The predicted molar refractivity (Wildman–Crippen MR) is 141 cm³/mol. The molecule has 2 amide bonds. The Bertz CT molecular complexity index is 1220. The highest BCUT2D eigenvalue weighted by Gasteiger charge is 2.37. The number of hydrogen-bond acceptors (Lipinski definition) is 4. The summed E-state index contributed by atoms with van der Waals surface area (Å²) in [5.74, 6) is -0.196. The summed E-state index contributed by atoms with van der Waals surface area (Å²) in [6.45, 7) is 14.7. The Kier molecular flexibility index (Phi) is 7.94. The van der Waals surface area contributed by atoms with Crippen LogP contribution in [0.5, 0.6) is 0 Å². The molecule has 0 spiro atoms. The fourth-order valence-corrected chi connectivity index (χ4v) is 6.25. The van der Waals surface area contributed by atoms with Gasteiger partial charge in [-0.05, 0) is 68.2 Å². The van der Waals surface area contributed by atoms with Crippen molar-refractivity contribution in [2.45, 2.75) is 80.3 Å². The lowest BCUT2D eigenvalue weighted by atomic mass is 9.77. The van der Waals surface area contributed by atoms with Gasteiger partial charge < -0.3 is 20.3 Å². The number of aromatic amines is 1. The third-order valence-electron chi connectivity index (χ3n) is 6.97. The summed E-state index contributed by atoms with van der Waals surface area (Å²) in [5.41, 5.74) is 5.91. The minimum absolute atomic E-state index is 0.0934. The molecule has 3 N–H and O–H groups in total. The van der Waals surface area contributed by atoms with Crippen LogP contribution in [-0.2, 0) is 6.54 Å². The molecule has 1 fully saturated rings. The molecule has 190 valence electrons. The minimum atomic E-state index is -0.865. The van der Waals surface area contributed by atoms with Crippen LogP contribution in [0.15, 0.2) is 21.8 Å². The number of nitrogens with one attached hydrogen (secondary N) is 2. The van der Waals surface area contributed by atoms with Crippen LogP contribution in [0.3, 0.4) is 0 Å². The lowest BCUT2D eigenvalue weighted by Crippen LogP contribution is -2.50. The van der Waals surface area contributed by atoms with E-state index in [0.29, 0.717) is 30.5 Å². The Balaban J connectivity index is 1.86. The molecule has 2 aromatic rings. The van der Waals surface area contributed by atoms with Crippen molar-refractivity contribution in [1.82, 2.24) is 15.2 Å². The molecule has 0 radical (unpaired) electrons. The monoisotopic (exact) mass is 499 g/mol. The summed E-state index contributed by atoms with van der Waals surface area (Å²) < 4.78 is 0. The van der Waals surface area contributed by atoms with Gasteiger partial charge in [0.2, 0.25) is 0 Å². The fourth-order valence-electron chi connectivity index (χ4n) is 5.01. The Morgan fingerprint density at radius 1 is 1.26 bits per heavy atom. The quantitative estimate of drug-likeness (QED) is 0.495. The van der Waals surface area contributed by atoms with Gasteiger partial charge >= 0.3 is 6.09 Å². The number of rotatable bonds is 5. The second kappa shape index (κ2) is 10.4. The second-order valence-corrected chi connectivity index (χ2v) is 11.4. The maximum absolute atomic E-state index is 13.0. The molecule has 1 aliphatic heterocycles. The largest absolute Gasteiger partial charge is 0.465 e. The van der Waals surface area contributed by atoms with E-state index in [2.05, 4.69) is 38.0 Å². The van der Waals surface area contributed by atoms with Gasteiger partial charge in [0.15, 0.2) is 0 Å². The highest BCUT2D eigenvalue weighted by atomic mass is 32.1. The van der Waals surface area contributed by atoms with E-state index in [1.54, 1.807) is 16.2 Å². The van der Waals surface area contributed by atoms with E-state index in [9.17, 15) is 19.5 Å². The lowest BCUT2D eigenvalue weighted by Gasteiger charge is -2.43. The Morgan fingerprint density at radius 2 is 1.94 bits per heavy atom. The molecule has 1 saturated heterocycles. The number of aryl methyl sites for hydroxylation is 2. The van der Waals surface area contributed by atoms with Crippen LogP contribution < -0.4 is 10.9 Å². The Hall–Kier alpha value is -2.87. The van der Waals surface area contributed by atoms with Gasteiger partial charge in [0.25, 0.3) is 11.5 Å². The van der Waals surface area contributed by atoms with Gasteiger partial charge in [0.1, 0.15) is 0 Å². The van der Waals surface area contributed by atoms with Crippen LogP contribution in [0.2, 0.25) is 0 Å². The van der Waals surface area contributed by atoms with Gasteiger partial charge in [0.05, 0.1) is 5.56 Å². The first-order chi connectivity index (χ1) is 16.3. The van der Waals surface area contributed by atoms with Crippen LogP contribution >= 0.6 is 11.3 Å². The number of nitrogens with zero attached hydrogens (tertiary/aromatic N) is 1. The first kappa shape index (κ1) is 26.7. The van der Waals surface area contributed by atoms with Crippen molar-refractivity contribution >= 4 is 28.9 Å². The van der Waals surface area contributed by atoms with Gasteiger partial charge in [-0.1, -0.05) is 33.3 Å². The number of hydrogen-bond donors (Lipinski definition) is 3. The standard InChI is InChI=1S/C27H37N3O4S/c1-8-19(18-9-10-30(26(33)34)22(12-18)27(5,6)7)23-17(4)21(14-35-23)24(31)28-13-20-15(2)11-16(3)29-25(20)32/h11,14,22H,8-10,12-13H2,1-7H3,(H,28,31)(H,29,32)(H,33,34)/b19-18+. The average molecular weight is 500 g/mol. The summed E-state index contributed by atoms with van der Waals surface area (Å²) in [4.78, 5) is 42.6. The molecular weight excluding hydrogens is 462 g/mol. The Morgan fingerprint density at radius 3 is 2.51 bits per heavy atom. The van der Waals surface area contributed by atoms with Crippen LogP contribution in [0, 0.1) is 26.2 Å². The number of thiophene rings is 1. The molecule has 3 rings (SSSR count). The number of piperidine rings is 1. The molecule has 0 saturated carbocycles. The van der Waals surface area contributed by atoms with Crippen molar-refractivity contribution in [3.05, 3.63) is 60.2 Å². The van der Waals surface area contributed by atoms with E-state index in [1.807, 2.05) is 32.2 Å². The maximum Gasteiger partial charge on any atom is 0.407 e. The molecule has 7 nitrogen and oxygen atoms in total. The Labute approximate surface area is 211 Å². The van der Waals surface area contributed by atoms with Gasteiger partial charge in [-0.3, -0.25) is 9.59 Å². The molecule has 1 unspecified atom stereocenters. The number of carboxylic acid groups (broad SMARTS) is 1. The number of amides is 2. The molecule has 1 aliphatic rings. The fraction of sp³-hybridized carbons (Fsp3) is 0.519. The summed E-state index contributed by atoms with van der Waals surface area (Å²) in [6, 6.07) is 1.81. The zero-order chi connectivity index (χ0) is 26.1. The van der Waals surface area contributed by atoms with E-state index in [1.165, 1.54) is 11.1 Å². The molecule has 1 atom stereocenters. The molecule has 0 aromatic carbocycles. The number of aromatic nitrogens is 1. The number of H-pyrrole nitrogens is 1. The van der Waals surface area contributed by atoms with Crippen molar-refractivity contribution in [3.8, 4) is 0 Å². The summed E-state index contributed by atoms with van der Waals surface area (Å²) >= 11 is 1.56.